The van der Waals surface area contributed by atoms with E-state index in [4.69, 9.17) is 0 Å². The number of aryl methyl sites for hydroxylation is 1. The molecule has 3 amide bonds. The zero-order chi connectivity index (χ0) is 23.4. The molecule has 4 rings (SSSR count). The van der Waals surface area contributed by atoms with Crippen LogP contribution in [0.1, 0.15) is 59.4 Å². The molecule has 2 aliphatic rings. The van der Waals surface area contributed by atoms with Crippen LogP contribution in [0.5, 0.6) is 0 Å². The minimum Gasteiger partial charge on any atom is -0.352 e. The summed E-state index contributed by atoms with van der Waals surface area (Å²) >= 11 is 0. The largest absolute Gasteiger partial charge is 0.352 e. The molecular formula is C24H30FN5O3. The number of nitrogens with zero attached hydrogens (tertiary/aromatic N) is 4. The van der Waals surface area contributed by atoms with Crippen LogP contribution in [0.3, 0.4) is 0 Å². The van der Waals surface area contributed by atoms with Gasteiger partial charge in [0.2, 0.25) is 11.8 Å². The van der Waals surface area contributed by atoms with Crippen LogP contribution in [0.15, 0.2) is 24.3 Å². The number of nitrogens with one attached hydrogen (secondary N) is 1. The summed E-state index contributed by atoms with van der Waals surface area (Å²) in [5.41, 5.74) is 2.93. The third-order valence-electron chi connectivity index (χ3n) is 6.39. The van der Waals surface area contributed by atoms with Crippen molar-refractivity contribution in [1.82, 2.24) is 24.9 Å². The summed E-state index contributed by atoms with van der Waals surface area (Å²) in [5.74, 6) is -0.790. The van der Waals surface area contributed by atoms with E-state index in [1.54, 1.807) is 21.7 Å². The Morgan fingerprint density at radius 2 is 1.85 bits per heavy atom. The zero-order valence-corrected chi connectivity index (χ0v) is 19.0. The second-order valence-electron chi connectivity index (χ2n) is 8.72. The number of fused-ring (bicyclic) bond motifs is 1. The van der Waals surface area contributed by atoms with Crippen molar-refractivity contribution in [3.8, 4) is 0 Å². The zero-order valence-electron chi connectivity index (χ0n) is 19.0. The number of amides is 3. The first-order valence-electron chi connectivity index (χ1n) is 11.6. The van der Waals surface area contributed by atoms with Gasteiger partial charge in [0.05, 0.1) is 0 Å². The summed E-state index contributed by atoms with van der Waals surface area (Å²) in [7, 11) is 1.84. The molecule has 1 aromatic carbocycles. The molecule has 2 aliphatic heterocycles. The molecule has 0 bridgehead atoms. The standard InChI is InChI=1S/C24H30FN5O3/c1-28-20-10-13-30(16-19(20)23(27-28)24(33)29-11-3-2-4-12-29)22(32)9-8-21(31)26-15-17-6-5-7-18(25)14-17/h5-7,14H,2-4,8-13,15-16H2,1H3,(H,26,31). The lowest BCUT2D eigenvalue weighted by Gasteiger charge is -2.29. The maximum Gasteiger partial charge on any atom is 0.274 e. The summed E-state index contributed by atoms with van der Waals surface area (Å²) in [5, 5.41) is 7.22. The van der Waals surface area contributed by atoms with Crippen molar-refractivity contribution >= 4 is 17.7 Å². The number of aromatic nitrogens is 2. The first-order valence-corrected chi connectivity index (χ1v) is 11.6. The quantitative estimate of drug-likeness (QED) is 0.723. The lowest BCUT2D eigenvalue weighted by atomic mass is 10.0. The number of carbonyl (C=O) groups is 3. The third kappa shape index (κ3) is 5.40. The van der Waals surface area contributed by atoms with Gasteiger partial charge in [-0.3, -0.25) is 19.1 Å². The highest BCUT2D eigenvalue weighted by atomic mass is 19.1. The van der Waals surface area contributed by atoms with E-state index in [-0.39, 0.29) is 42.9 Å². The molecule has 0 radical (unpaired) electrons. The molecular weight excluding hydrogens is 425 g/mol. The third-order valence-corrected chi connectivity index (χ3v) is 6.39. The van der Waals surface area contributed by atoms with E-state index in [0.29, 0.717) is 30.8 Å². The highest BCUT2D eigenvalue weighted by molar-refractivity contribution is 5.94. The van der Waals surface area contributed by atoms with Crippen molar-refractivity contribution in [3.63, 3.8) is 0 Å². The Balaban J connectivity index is 1.32. The predicted molar refractivity (Wildman–Crippen MR) is 120 cm³/mol. The van der Waals surface area contributed by atoms with Crippen LogP contribution in [-0.4, -0.2) is 56.9 Å². The molecule has 33 heavy (non-hydrogen) atoms. The minimum absolute atomic E-state index is 0.0578. The van der Waals surface area contributed by atoms with Gasteiger partial charge in [0.1, 0.15) is 5.82 Å². The topological polar surface area (TPSA) is 87.5 Å². The van der Waals surface area contributed by atoms with E-state index in [1.165, 1.54) is 12.1 Å². The van der Waals surface area contributed by atoms with Crippen LogP contribution < -0.4 is 5.32 Å². The number of hydrogen-bond acceptors (Lipinski definition) is 4. The number of hydrogen-bond donors (Lipinski definition) is 1. The molecule has 176 valence electrons. The van der Waals surface area contributed by atoms with Crippen LogP contribution in [0.25, 0.3) is 0 Å². The monoisotopic (exact) mass is 455 g/mol. The van der Waals surface area contributed by atoms with Crippen LogP contribution in [0.2, 0.25) is 0 Å². The van der Waals surface area contributed by atoms with Gasteiger partial charge in [0, 0.05) is 70.3 Å². The first kappa shape index (κ1) is 22.9. The predicted octanol–water partition coefficient (Wildman–Crippen LogP) is 2.17. The van der Waals surface area contributed by atoms with Crippen molar-refractivity contribution in [3.05, 3.63) is 52.6 Å². The molecule has 1 N–H and O–H groups in total. The van der Waals surface area contributed by atoms with Gasteiger partial charge < -0.3 is 15.1 Å². The average Bonchev–Trinajstić information content (AvgIpc) is 3.17. The number of carbonyl (C=O) groups excluding carboxylic acids is 3. The van der Waals surface area contributed by atoms with Gasteiger partial charge in [-0.25, -0.2) is 4.39 Å². The van der Waals surface area contributed by atoms with Crippen molar-refractivity contribution in [1.29, 1.82) is 0 Å². The molecule has 9 heteroatoms. The average molecular weight is 456 g/mol. The summed E-state index contributed by atoms with van der Waals surface area (Å²) in [6.07, 6.45) is 3.93. The minimum atomic E-state index is -0.352. The van der Waals surface area contributed by atoms with E-state index in [0.717, 1.165) is 43.6 Å². The van der Waals surface area contributed by atoms with Crippen LogP contribution >= 0.6 is 0 Å². The van der Waals surface area contributed by atoms with Crippen molar-refractivity contribution in [2.75, 3.05) is 19.6 Å². The molecule has 1 saturated heterocycles. The van der Waals surface area contributed by atoms with Gasteiger partial charge >= 0.3 is 0 Å². The van der Waals surface area contributed by atoms with Crippen molar-refractivity contribution in [2.45, 2.75) is 51.6 Å². The summed E-state index contributed by atoms with van der Waals surface area (Å²) < 4.78 is 15.0. The summed E-state index contributed by atoms with van der Waals surface area (Å²) in [6, 6.07) is 6.04. The van der Waals surface area contributed by atoms with Crippen LogP contribution in [0.4, 0.5) is 4.39 Å². The molecule has 2 aromatic rings. The van der Waals surface area contributed by atoms with E-state index >= 15 is 0 Å². The van der Waals surface area contributed by atoms with Crippen molar-refractivity contribution in [2.24, 2.45) is 7.05 Å². The van der Waals surface area contributed by atoms with Gasteiger partial charge in [-0.2, -0.15) is 5.10 Å². The van der Waals surface area contributed by atoms with E-state index in [1.807, 2.05) is 11.9 Å². The second kappa shape index (κ2) is 10.1. The van der Waals surface area contributed by atoms with Gasteiger partial charge in [-0.05, 0) is 37.0 Å². The first-order chi connectivity index (χ1) is 15.9. The molecule has 0 unspecified atom stereocenters. The fourth-order valence-electron chi connectivity index (χ4n) is 4.54. The van der Waals surface area contributed by atoms with Gasteiger partial charge in [0.15, 0.2) is 5.69 Å². The Kier molecular flexibility index (Phi) is 7.05. The molecule has 0 saturated carbocycles. The highest BCUT2D eigenvalue weighted by Crippen LogP contribution is 2.25. The Morgan fingerprint density at radius 1 is 1.06 bits per heavy atom. The Hall–Kier alpha value is -3.23. The Labute approximate surface area is 192 Å². The normalized spacial score (nSPS) is 15.8. The second-order valence-corrected chi connectivity index (χ2v) is 8.72. The number of benzene rings is 1. The number of piperidine rings is 1. The highest BCUT2D eigenvalue weighted by Gasteiger charge is 2.31. The fraction of sp³-hybridized carbons (Fsp3) is 0.500. The molecule has 8 nitrogen and oxygen atoms in total. The molecule has 1 fully saturated rings. The SMILES string of the molecule is Cn1nc(C(=O)N2CCCCC2)c2c1CCN(C(=O)CCC(=O)NCc1cccc(F)c1)C2. The van der Waals surface area contributed by atoms with Gasteiger partial charge in [-0.15, -0.1) is 0 Å². The molecule has 0 spiro atoms. The van der Waals surface area contributed by atoms with Crippen LogP contribution in [0, 0.1) is 5.82 Å². The van der Waals surface area contributed by atoms with E-state index in [2.05, 4.69) is 10.4 Å². The number of likely N-dealkylation sites (tertiary alicyclic amines) is 1. The Bertz CT molecular complexity index is 1040. The number of halogens is 1. The maximum absolute atomic E-state index is 13.2. The molecule has 1 aromatic heterocycles. The molecule has 3 heterocycles. The van der Waals surface area contributed by atoms with E-state index in [9.17, 15) is 18.8 Å². The van der Waals surface area contributed by atoms with Crippen molar-refractivity contribution < 1.29 is 18.8 Å². The molecule has 0 atom stereocenters. The van der Waals surface area contributed by atoms with Gasteiger partial charge in [0.25, 0.3) is 5.91 Å². The lowest BCUT2D eigenvalue weighted by Crippen LogP contribution is -2.39. The maximum atomic E-state index is 13.2. The smallest absolute Gasteiger partial charge is 0.274 e. The molecule has 0 aliphatic carbocycles. The van der Waals surface area contributed by atoms with Crippen LogP contribution in [-0.2, 0) is 36.1 Å². The Morgan fingerprint density at radius 3 is 2.61 bits per heavy atom. The fourth-order valence-corrected chi connectivity index (χ4v) is 4.54. The number of rotatable bonds is 6. The lowest BCUT2D eigenvalue weighted by molar-refractivity contribution is -0.134. The summed E-state index contributed by atoms with van der Waals surface area (Å²) in [6.45, 7) is 2.58. The van der Waals surface area contributed by atoms with E-state index < -0.39 is 0 Å². The van der Waals surface area contributed by atoms with Gasteiger partial charge in [-0.1, -0.05) is 12.1 Å². The summed E-state index contributed by atoms with van der Waals surface area (Å²) in [4.78, 5) is 41.6.